The number of nitrogens with one attached hydrogen (secondary N) is 1. The van der Waals surface area contributed by atoms with Crippen LogP contribution in [0.2, 0.25) is 0 Å². The van der Waals surface area contributed by atoms with Crippen molar-refractivity contribution in [1.29, 1.82) is 0 Å². The smallest absolute Gasteiger partial charge is 0.107 e. The molecule has 0 aliphatic heterocycles. The summed E-state index contributed by atoms with van der Waals surface area (Å²) in [6.45, 7) is 6.35. The van der Waals surface area contributed by atoms with E-state index in [1.54, 1.807) is 11.3 Å². The van der Waals surface area contributed by atoms with Crippen molar-refractivity contribution in [2.24, 2.45) is 0 Å². The highest BCUT2D eigenvalue weighted by atomic mass is 32.2. The van der Waals surface area contributed by atoms with E-state index in [-0.39, 0.29) is 0 Å². The van der Waals surface area contributed by atoms with Crippen molar-refractivity contribution >= 4 is 23.1 Å². The maximum atomic E-state index is 8.61. The van der Waals surface area contributed by atoms with E-state index in [0.29, 0.717) is 6.61 Å². The molecule has 92 valence electrons. The second-order valence-corrected chi connectivity index (χ2v) is 6.13. The van der Waals surface area contributed by atoms with Crippen LogP contribution in [-0.2, 0) is 6.54 Å². The second kappa shape index (κ2) is 8.06. The van der Waals surface area contributed by atoms with Crippen molar-refractivity contribution in [1.82, 2.24) is 10.3 Å². The molecular weight excluding hydrogens is 240 g/mol. The lowest BCUT2D eigenvalue weighted by Crippen LogP contribution is -2.16. The molecule has 0 bridgehead atoms. The summed E-state index contributed by atoms with van der Waals surface area (Å²) >= 11 is 3.65. The number of aromatic nitrogens is 1. The van der Waals surface area contributed by atoms with Crippen molar-refractivity contribution in [3.63, 3.8) is 0 Å². The van der Waals surface area contributed by atoms with E-state index in [4.69, 9.17) is 5.11 Å². The van der Waals surface area contributed by atoms with Gasteiger partial charge in [0.1, 0.15) is 5.01 Å². The zero-order valence-corrected chi connectivity index (χ0v) is 11.6. The first-order valence-electron chi connectivity index (χ1n) is 5.56. The molecule has 0 saturated carbocycles. The lowest BCUT2D eigenvalue weighted by atomic mass is 10.4. The molecule has 5 heteroatoms. The van der Waals surface area contributed by atoms with Crippen molar-refractivity contribution in [3.05, 3.63) is 15.6 Å². The van der Waals surface area contributed by atoms with Gasteiger partial charge in [-0.2, -0.15) is 11.8 Å². The highest BCUT2D eigenvalue weighted by molar-refractivity contribution is 7.99. The Kier molecular flexibility index (Phi) is 7.03. The van der Waals surface area contributed by atoms with Gasteiger partial charge in [0.05, 0.1) is 5.69 Å². The summed E-state index contributed by atoms with van der Waals surface area (Å²) in [4.78, 5) is 5.79. The summed E-state index contributed by atoms with van der Waals surface area (Å²) in [6.07, 6.45) is 0.898. The maximum absolute atomic E-state index is 8.61. The molecule has 3 nitrogen and oxygen atoms in total. The molecule has 1 aromatic rings. The van der Waals surface area contributed by atoms with Gasteiger partial charge in [-0.3, -0.25) is 0 Å². The number of rotatable bonds is 8. The summed E-state index contributed by atoms with van der Waals surface area (Å²) in [5.74, 6) is 2.15. The Labute approximate surface area is 106 Å². The molecule has 2 N–H and O–H groups in total. The number of hydrogen-bond acceptors (Lipinski definition) is 5. The maximum Gasteiger partial charge on any atom is 0.107 e. The first-order valence-corrected chi connectivity index (χ1v) is 7.53. The number of hydrogen-bond donors (Lipinski definition) is 2. The van der Waals surface area contributed by atoms with Crippen LogP contribution in [0.1, 0.15) is 22.0 Å². The summed E-state index contributed by atoms with van der Waals surface area (Å²) in [5.41, 5.74) is 1.15. The predicted octanol–water partition coefficient (Wildman–Crippen LogP) is 1.97. The van der Waals surface area contributed by atoms with Gasteiger partial charge in [-0.15, -0.1) is 11.3 Å². The minimum Gasteiger partial charge on any atom is -0.396 e. The predicted molar refractivity (Wildman–Crippen MR) is 72.3 cm³/mol. The molecule has 1 aromatic heterocycles. The molecule has 0 aromatic carbocycles. The average Bonchev–Trinajstić information content (AvgIpc) is 2.57. The molecule has 0 atom stereocenters. The van der Waals surface area contributed by atoms with Crippen LogP contribution in [0.4, 0.5) is 0 Å². The Hall–Kier alpha value is -0.100. The van der Waals surface area contributed by atoms with Crippen molar-refractivity contribution < 1.29 is 5.11 Å². The van der Waals surface area contributed by atoms with Gasteiger partial charge in [0.2, 0.25) is 0 Å². The molecule has 0 fully saturated rings. The van der Waals surface area contributed by atoms with E-state index in [9.17, 15) is 0 Å². The van der Waals surface area contributed by atoms with Gasteiger partial charge in [0, 0.05) is 30.3 Å². The van der Waals surface area contributed by atoms with Crippen molar-refractivity contribution in [3.8, 4) is 0 Å². The molecule has 0 radical (unpaired) electrons. The Morgan fingerprint density at radius 3 is 2.81 bits per heavy atom. The third kappa shape index (κ3) is 5.30. The van der Waals surface area contributed by atoms with Gasteiger partial charge in [0.25, 0.3) is 0 Å². The zero-order chi connectivity index (χ0) is 11.8. The standard InChI is InChI=1S/C11H20N2OS2/c1-9-10(2)16-11(13-9)8-12-4-7-15-6-3-5-14/h12,14H,3-8H2,1-2H3. The molecular formula is C11H20N2OS2. The number of aliphatic hydroxyl groups excluding tert-OH is 1. The Balaban J connectivity index is 2.03. The average molecular weight is 260 g/mol. The molecule has 0 amide bonds. The first-order chi connectivity index (χ1) is 7.74. The number of thioether (sulfide) groups is 1. The van der Waals surface area contributed by atoms with Crippen LogP contribution in [0.25, 0.3) is 0 Å². The van der Waals surface area contributed by atoms with Gasteiger partial charge in [-0.05, 0) is 26.0 Å². The number of thiazole rings is 1. The second-order valence-electron chi connectivity index (χ2n) is 3.62. The van der Waals surface area contributed by atoms with Crippen LogP contribution in [-0.4, -0.2) is 34.7 Å². The highest BCUT2D eigenvalue weighted by Crippen LogP contribution is 2.15. The SMILES string of the molecule is Cc1nc(CNCCSCCCO)sc1C. The zero-order valence-electron chi connectivity index (χ0n) is 9.95. The molecule has 16 heavy (non-hydrogen) atoms. The van der Waals surface area contributed by atoms with Gasteiger partial charge in [0.15, 0.2) is 0 Å². The van der Waals surface area contributed by atoms with Crippen LogP contribution >= 0.6 is 23.1 Å². The van der Waals surface area contributed by atoms with Gasteiger partial charge in [-0.1, -0.05) is 0 Å². The third-order valence-electron chi connectivity index (χ3n) is 2.22. The molecule has 0 aliphatic carbocycles. The van der Waals surface area contributed by atoms with Crippen LogP contribution in [0.5, 0.6) is 0 Å². The number of nitrogens with zero attached hydrogens (tertiary/aromatic N) is 1. The van der Waals surface area contributed by atoms with Crippen LogP contribution in [0.15, 0.2) is 0 Å². The van der Waals surface area contributed by atoms with Gasteiger partial charge in [-0.25, -0.2) is 4.98 Å². The Morgan fingerprint density at radius 2 is 2.19 bits per heavy atom. The topological polar surface area (TPSA) is 45.2 Å². The molecule has 0 unspecified atom stereocenters. The Morgan fingerprint density at radius 1 is 1.38 bits per heavy atom. The van der Waals surface area contributed by atoms with E-state index >= 15 is 0 Å². The third-order valence-corrected chi connectivity index (χ3v) is 4.36. The molecule has 0 saturated heterocycles. The summed E-state index contributed by atoms with van der Waals surface area (Å²) in [6, 6.07) is 0. The minimum absolute atomic E-state index is 0.304. The van der Waals surface area contributed by atoms with Crippen molar-refractivity contribution in [2.45, 2.75) is 26.8 Å². The number of aliphatic hydroxyl groups is 1. The minimum atomic E-state index is 0.304. The highest BCUT2D eigenvalue weighted by Gasteiger charge is 2.02. The first kappa shape index (κ1) is 14.0. The summed E-state index contributed by atoms with van der Waals surface area (Å²) < 4.78 is 0. The lowest BCUT2D eigenvalue weighted by Gasteiger charge is -2.02. The fraction of sp³-hybridized carbons (Fsp3) is 0.727. The number of aryl methyl sites for hydroxylation is 2. The monoisotopic (exact) mass is 260 g/mol. The quantitative estimate of drug-likeness (QED) is 0.702. The Bertz CT molecular complexity index is 283. The fourth-order valence-electron chi connectivity index (χ4n) is 1.22. The van der Waals surface area contributed by atoms with Gasteiger partial charge >= 0.3 is 0 Å². The normalized spacial score (nSPS) is 10.9. The van der Waals surface area contributed by atoms with E-state index in [1.165, 1.54) is 9.88 Å². The largest absolute Gasteiger partial charge is 0.396 e. The lowest BCUT2D eigenvalue weighted by molar-refractivity contribution is 0.296. The van der Waals surface area contributed by atoms with Crippen molar-refractivity contribution in [2.75, 3.05) is 24.7 Å². The van der Waals surface area contributed by atoms with Gasteiger partial charge < -0.3 is 10.4 Å². The van der Waals surface area contributed by atoms with E-state index in [1.807, 2.05) is 11.8 Å². The summed E-state index contributed by atoms with van der Waals surface area (Å²) in [7, 11) is 0. The van der Waals surface area contributed by atoms with Crippen LogP contribution in [0.3, 0.4) is 0 Å². The molecule has 1 rings (SSSR count). The summed E-state index contributed by atoms with van der Waals surface area (Å²) in [5, 5.41) is 13.2. The molecule has 1 heterocycles. The van der Waals surface area contributed by atoms with Crippen LogP contribution < -0.4 is 5.32 Å². The van der Waals surface area contributed by atoms with E-state index in [0.717, 1.165) is 36.7 Å². The molecule has 0 spiro atoms. The fourth-order valence-corrected chi connectivity index (χ4v) is 2.95. The van der Waals surface area contributed by atoms with E-state index in [2.05, 4.69) is 24.1 Å². The van der Waals surface area contributed by atoms with Crippen LogP contribution in [0, 0.1) is 13.8 Å². The van der Waals surface area contributed by atoms with E-state index < -0.39 is 0 Å². The molecule has 0 aliphatic rings.